The molecule has 0 fully saturated rings. The Labute approximate surface area is 158 Å². The molecule has 1 heterocycles. The first-order valence-corrected chi connectivity index (χ1v) is 8.88. The lowest BCUT2D eigenvalue weighted by molar-refractivity contribution is -0.384. The predicted octanol–water partition coefficient (Wildman–Crippen LogP) is 3.39. The number of non-ortho nitro benzene ring substituents is 1. The second kappa shape index (κ2) is 8.07. The lowest BCUT2D eigenvalue weighted by atomic mass is 10.2. The molecule has 3 rings (SSSR count). The van der Waals surface area contributed by atoms with E-state index >= 15 is 0 Å². The van der Waals surface area contributed by atoms with E-state index in [-0.39, 0.29) is 5.69 Å². The second-order valence-electron chi connectivity index (χ2n) is 5.11. The Hall–Kier alpha value is -2.78. The van der Waals surface area contributed by atoms with E-state index in [9.17, 15) is 10.1 Å². The minimum absolute atomic E-state index is 0.0127. The van der Waals surface area contributed by atoms with Crippen LogP contribution >= 0.6 is 23.4 Å². The summed E-state index contributed by atoms with van der Waals surface area (Å²) in [6, 6.07) is 13.3. The topological polar surface area (TPSA) is 109 Å². The zero-order valence-electron chi connectivity index (χ0n) is 13.4. The van der Waals surface area contributed by atoms with Crippen LogP contribution in [-0.4, -0.2) is 32.2 Å². The maximum absolute atomic E-state index is 10.8. The van der Waals surface area contributed by atoms with Gasteiger partial charge in [-0.15, -0.1) is 10.2 Å². The summed E-state index contributed by atoms with van der Waals surface area (Å²) in [6.07, 6.45) is 0. The van der Waals surface area contributed by atoms with Crippen molar-refractivity contribution in [2.75, 3.05) is 18.2 Å². The molecule has 0 saturated carbocycles. The summed E-state index contributed by atoms with van der Waals surface area (Å²) in [7, 11) is 0. The largest absolute Gasteiger partial charge is 0.492 e. The number of aromatic nitrogens is 3. The van der Waals surface area contributed by atoms with Crippen LogP contribution in [0.4, 0.5) is 5.69 Å². The van der Waals surface area contributed by atoms with Crippen molar-refractivity contribution in [3.05, 3.63) is 63.7 Å². The molecule has 3 aromatic rings. The van der Waals surface area contributed by atoms with Crippen molar-refractivity contribution in [1.29, 1.82) is 0 Å². The number of rotatable bonds is 7. The standard InChI is InChI=1S/C16H14ClN5O3S/c17-14-7-2-1-6-13(14)15-19-20-16(21(15)18)26-9-8-25-12-5-3-4-11(10-12)22(23)24/h1-7,10H,8-9,18H2. The number of halogens is 1. The molecule has 2 N–H and O–H groups in total. The van der Waals surface area contributed by atoms with Crippen molar-refractivity contribution in [2.45, 2.75) is 5.16 Å². The molecule has 0 amide bonds. The van der Waals surface area contributed by atoms with Gasteiger partial charge in [-0.05, 0) is 18.2 Å². The van der Waals surface area contributed by atoms with Crippen molar-refractivity contribution in [2.24, 2.45) is 0 Å². The molecular formula is C16H14ClN5O3S. The van der Waals surface area contributed by atoms with E-state index in [2.05, 4.69) is 10.2 Å². The average molecular weight is 392 g/mol. The van der Waals surface area contributed by atoms with Crippen molar-refractivity contribution in [3.63, 3.8) is 0 Å². The Morgan fingerprint density at radius 3 is 2.81 bits per heavy atom. The van der Waals surface area contributed by atoms with Gasteiger partial charge in [0.1, 0.15) is 5.75 Å². The molecule has 0 spiro atoms. The third kappa shape index (κ3) is 4.06. The fourth-order valence-electron chi connectivity index (χ4n) is 2.18. The normalized spacial score (nSPS) is 10.7. The van der Waals surface area contributed by atoms with Crippen LogP contribution in [0.3, 0.4) is 0 Å². The van der Waals surface area contributed by atoms with Crippen LogP contribution in [0.15, 0.2) is 53.7 Å². The first-order chi connectivity index (χ1) is 12.6. The number of benzene rings is 2. The van der Waals surface area contributed by atoms with Crippen LogP contribution in [0.1, 0.15) is 0 Å². The number of ether oxygens (including phenoxy) is 1. The van der Waals surface area contributed by atoms with Gasteiger partial charge in [0.2, 0.25) is 5.16 Å². The Morgan fingerprint density at radius 2 is 2.04 bits per heavy atom. The average Bonchev–Trinajstić information content (AvgIpc) is 3.00. The Morgan fingerprint density at radius 1 is 1.23 bits per heavy atom. The molecule has 8 nitrogen and oxygen atoms in total. The van der Waals surface area contributed by atoms with Gasteiger partial charge < -0.3 is 10.6 Å². The summed E-state index contributed by atoms with van der Waals surface area (Å²) in [4.78, 5) is 10.3. The molecule has 0 aliphatic heterocycles. The number of nitrogens with two attached hydrogens (primary N) is 1. The lowest BCUT2D eigenvalue weighted by Crippen LogP contribution is -2.12. The Bertz CT molecular complexity index is 934. The number of nitro benzene ring substituents is 1. The molecular weight excluding hydrogens is 378 g/mol. The number of thioether (sulfide) groups is 1. The van der Waals surface area contributed by atoms with Crippen LogP contribution in [-0.2, 0) is 0 Å². The molecule has 1 aromatic heterocycles. The van der Waals surface area contributed by atoms with E-state index in [4.69, 9.17) is 22.2 Å². The molecule has 0 unspecified atom stereocenters. The maximum atomic E-state index is 10.8. The first kappa shape index (κ1) is 18.0. The van der Waals surface area contributed by atoms with Crippen molar-refractivity contribution in [1.82, 2.24) is 14.9 Å². The Kier molecular flexibility index (Phi) is 5.59. The predicted molar refractivity (Wildman–Crippen MR) is 99.9 cm³/mol. The summed E-state index contributed by atoms with van der Waals surface area (Å²) < 4.78 is 6.90. The van der Waals surface area contributed by atoms with E-state index in [1.165, 1.54) is 28.6 Å². The lowest BCUT2D eigenvalue weighted by Gasteiger charge is -2.06. The molecule has 0 saturated heterocycles. The molecule has 26 heavy (non-hydrogen) atoms. The van der Waals surface area contributed by atoms with Gasteiger partial charge in [-0.2, -0.15) is 0 Å². The molecule has 0 radical (unpaired) electrons. The van der Waals surface area contributed by atoms with E-state index in [0.29, 0.717) is 39.7 Å². The summed E-state index contributed by atoms with van der Waals surface area (Å²) in [6.45, 7) is 0.333. The van der Waals surface area contributed by atoms with Crippen LogP contribution in [0.25, 0.3) is 11.4 Å². The molecule has 10 heteroatoms. The van der Waals surface area contributed by atoms with Gasteiger partial charge in [0.25, 0.3) is 5.69 Å². The van der Waals surface area contributed by atoms with Crippen molar-refractivity contribution in [3.8, 4) is 17.1 Å². The van der Waals surface area contributed by atoms with E-state index in [1.807, 2.05) is 18.2 Å². The van der Waals surface area contributed by atoms with E-state index in [0.717, 1.165) is 0 Å². The maximum Gasteiger partial charge on any atom is 0.273 e. The number of nitrogen functional groups attached to an aromatic ring is 1. The summed E-state index contributed by atoms with van der Waals surface area (Å²) >= 11 is 7.52. The monoisotopic (exact) mass is 391 g/mol. The molecule has 2 aromatic carbocycles. The highest BCUT2D eigenvalue weighted by atomic mass is 35.5. The van der Waals surface area contributed by atoms with Crippen LogP contribution < -0.4 is 10.6 Å². The zero-order valence-corrected chi connectivity index (χ0v) is 15.0. The van der Waals surface area contributed by atoms with Gasteiger partial charge >= 0.3 is 0 Å². The van der Waals surface area contributed by atoms with Crippen LogP contribution in [0.5, 0.6) is 5.75 Å². The minimum Gasteiger partial charge on any atom is -0.492 e. The number of hydrogen-bond acceptors (Lipinski definition) is 7. The fourth-order valence-corrected chi connectivity index (χ4v) is 3.07. The highest BCUT2D eigenvalue weighted by molar-refractivity contribution is 7.99. The second-order valence-corrected chi connectivity index (χ2v) is 6.58. The van der Waals surface area contributed by atoms with E-state index < -0.39 is 4.92 Å². The SMILES string of the molecule is Nn1c(SCCOc2cccc([N+](=O)[O-])c2)nnc1-c1ccccc1Cl. The molecule has 0 bridgehead atoms. The molecule has 0 atom stereocenters. The van der Waals surface area contributed by atoms with Gasteiger partial charge in [-0.1, -0.05) is 41.6 Å². The number of nitro groups is 1. The summed E-state index contributed by atoms with van der Waals surface area (Å²) in [5, 5.41) is 20.0. The highest BCUT2D eigenvalue weighted by Gasteiger charge is 2.14. The zero-order chi connectivity index (χ0) is 18.5. The number of nitrogens with zero attached hydrogens (tertiary/aromatic N) is 4. The van der Waals surface area contributed by atoms with Gasteiger partial charge in [-0.25, -0.2) is 4.68 Å². The molecule has 0 aliphatic rings. The fraction of sp³-hybridized carbons (Fsp3) is 0.125. The van der Waals surface area contributed by atoms with Crippen LogP contribution in [0.2, 0.25) is 5.02 Å². The van der Waals surface area contributed by atoms with Gasteiger partial charge in [-0.3, -0.25) is 10.1 Å². The summed E-state index contributed by atoms with van der Waals surface area (Å²) in [5.74, 6) is 7.50. The molecule has 134 valence electrons. The first-order valence-electron chi connectivity index (χ1n) is 7.51. The van der Waals surface area contributed by atoms with E-state index in [1.54, 1.807) is 18.2 Å². The smallest absolute Gasteiger partial charge is 0.273 e. The van der Waals surface area contributed by atoms with Crippen molar-refractivity contribution >= 4 is 29.1 Å². The van der Waals surface area contributed by atoms with Crippen LogP contribution in [0, 0.1) is 10.1 Å². The third-order valence-corrected chi connectivity index (χ3v) is 4.63. The van der Waals surface area contributed by atoms with Crippen molar-refractivity contribution < 1.29 is 9.66 Å². The van der Waals surface area contributed by atoms with Gasteiger partial charge in [0, 0.05) is 17.4 Å². The quantitative estimate of drug-likeness (QED) is 0.216. The minimum atomic E-state index is -0.464. The Balaban J connectivity index is 1.59. The van der Waals surface area contributed by atoms with Gasteiger partial charge in [0.15, 0.2) is 5.82 Å². The molecule has 0 aliphatic carbocycles. The summed E-state index contributed by atoms with van der Waals surface area (Å²) in [5.41, 5.74) is 0.685. The third-order valence-electron chi connectivity index (χ3n) is 3.39. The number of hydrogen-bond donors (Lipinski definition) is 1. The van der Waals surface area contributed by atoms with Gasteiger partial charge in [0.05, 0.1) is 22.6 Å². The highest BCUT2D eigenvalue weighted by Crippen LogP contribution is 2.27.